The molecule has 20 heavy (non-hydrogen) atoms. The number of fused-ring (bicyclic) bond motifs is 1. The minimum atomic E-state index is -0.760. The van der Waals surface area contributed by atoms with Crippen molar-refractivity contribution in [1.29, 1.82) is 5.26 Å². The van der Waals surface area contributed by atoms with Gasteiger partial charge >= 0.3 is 0 Å². The molecule has 0 spiro atoms. The Hall–Kier alpha value is -1.08. The van der Waals surface area contributed by atoms with Gasteiger partial charge in [-0.3, -0.25) is 4.79 Å². The van der Waals surface area contributed by atoms with Crippen LogP contribution < -0.4 is 0 Å². The maximum atomic E-state index is 12.7. The van der Waals surface area contributed by atoms with Gasteiger partial charge in [-0.1, -0.05) is 19.8 Å². The first-order chi connectivity index (χ1) is 9.49. The van der Waals surface area contributed by atoms with Crippen LogP contribution in [-0.2, 0) is 4.79 Å². The molecule has 1 amide bonds. The lowest BCUT2D eigenvalue weighted by Gasteiger charge is -2.50. The molecule has 3 rings (SSSR count). The standard InChI is InChI=1S/C16H24N2O2/c1-12-8-15(9-12,11-17)14(19)18-7-6-16(20)5-3-2-4-13(16)10-18/h12-13,20H,2-10H2,1H3. The van der Waals surface area contributed by atoms with E-state index in [-0.39, 0.29) is 11.8 Å². The molecule has 1 saturated heterocycles. The van der Waals surface area contributed by atoms with Gasteiger partial charge in [-0.15, -0.1) is 0 Å². The molecule has 3 aliphatic rings. The Labute approximate surface area is 120 Å². The second-order valence-electron chi connectivity index (χ2n) is 7.25. The third kappa shape index (κ3) is 2.03. The average Bonchev–Trinajstić information content (AvgIpc) is 2.42. The molecular formula is C16H24N2O2. The molecule has 4 nitrogen and oxygen atoms in total. The maximum Gasteiger partial charge on any atom is 0.243 e. The van der Waals surface area contributed by atoms with E-state index in [1.807, 2.05) is 4.90 Å². The second kappa shape index (κ2) is 4.73. The summed E-state index contributed by atoms with van der Waals surface area (Å²) in [5.41, 5.74) is -1.31. The van der Waals surface area contributed by atoms with Crippen LogP contribution in [0.25, 0.3) is 0 Å². The fraction of sp³-hybridized carbons (Fsp3) is 0.875. The molecule has 0 bridgehead atoms. The largest absolute Gasteiger partial charge is 0.389 e. The molecule has 2 saturated carbocycles. The van der Waals surface area contributed by atoms with Crippen molar-refractivity contribution in [2.75, 3.05) is 13.1 Å². The third-order valence-corrected chi connectivity index (χ3v) is 5.73. The highest BCUT2D eigenvalue weighted by molar-refractivity contribution is 5.86. The topological polar surface area (TPSA) is 64.3 Å². The van der Waals surface area contributed by atoms with Crippen molar-refractivity contribution in [2.45, 2.75) is 57.5 Å². The van der Waals surface area contributed by atoms with Crippen molar-refractivity contribution >= 4 is 5.91 Å². The monoisotopic (exact) mass is 276 g/mol. The second-order valence-corrected chi connectivity index (χ2v) is 7.25. The molecule has 1 aliphatic heterocycles. The summed E-state index contributed by atoms with van der Waals surface area (Å²) in [6, 6.07) is 2.27. The summed E-state index contributed by atoms with van der Waals surface area (Å²) >= 11 is 0. The molecule has 110 valence electrons. The number of carbonyl (C=O) groups is 1. The highest BCUT2D eigenvalue weighted by Gasteiger charge is 2.53. The Kier molecular flexibility index (Phi) is 3.29. The number of piperidine rings is 1. The Bertz CT molecular complexity index is 450. The molecule has 0 aromatic heterocycles. The predicted molar refractivity (Wildman–Crippen MR) is 74.5 cm³/mol. The molecular weight excluding hydrogens is 252 g/mol. The SMILES string of the molecule is CC1CC(C#N)(C(=O)N2CCC3(O)CCCCC3C2)C1. The van der Waals surface area contributed by atoms with E-state index in [0.29, 0.717) is 38.3 Å². The van der Waals surface area contributed by atoms with E-state index in [1.54, 1.807) is 0 Å². The van der Waals surface area contributed by atoms with Gasteiger partial charge < -0.3 is 10.0 Å². The number of carbonyl (C=O) groups excluding carboxylic acids is 1. The van der Waals surface area contributed by atoms with E-state index in [1.165, 1.54) is 0 Å². The molecule has 0 aromatic carbocycles. The Morgan fingerprint density at radius 2 is 2.10 bits per heavy atom. The lowest BCUT2D eigenvalue weighted by molar-refractivity contribution is -0.156. The first kappa shape index (κ1) is 13.9. The molecule has 1 N–H and O–H groups in total. The summed E-state index contributed by atoms with van der Waals surface area (Å²) in [5, 5.41) is 20.1. The Morgan fingerprint density at radius 1 is 1.35 bits per heavy atom. The minimum absolute atomic E-state index is 0.0192. The van der Waals surface area contributed by atoms with E-state index in [2.05, 4.69) is 13.0 Å². The molecule has 2 atom stereocenters. The van der Waals surface area contributed by atoms with Gasteiger partial charge in [-0.05, 0) is 38.0 Å². The van der Waals surface area contributed by atoms with Crippen molar-refractivity contribution in [1.82, 2.24) is 4.90 Å². The maximum absolute atomic E-state index is 12.7. The van der Waals surface area contributed by atoms with Crippen molar-refractivity contribution in [3.63, 3.8) is 0 Å². The van der Waals surface area contributed by atoms with Gasteiger partial charge in [0.1, 0.15) is 5.41 Å². The fourth-order valence-electron chi connectivity index (χ4n) is 4.50. The average molecular weight is 276 g/mol. The van der Waals surface area contributed by atoms with Crippen LogP contribution in [0.4, 0.5) is 0 Å². The highest BCUT2D eigenvalue weighted by Crippen LogP contribution is 2.48. The molecule has 3 fully saturated rings. The molecule has 2 unspecified atom stereocenters. The summed E-state index contributed by atoms with van der Waals surface area (Å²) < 4.78 is 0. The van der Waals surface area contributed by atoms with E-state index in [9.17, 15) is 15.2 Å². The van der Waals surface area contributed by atoms with Crippen LogP contribution in [-0.4, -0.2) is 34.6 Å². The van der Waals surface area contributed by atoms with E-state index in [0.717, 1.165) is 25.7 Å². The summed E-state index contributed by atoms with van der Waals surface area (Å²) in [6.07, 6.45) is 6.22. The van der Waals surface area contributed by atoms with Gasteiger partial charge in [0, 0.05) is 19.0 Å². The van der Waals surface area contributed by atoms with E-state index in [4.69, 9.17) is 0 Å². The molecule has 1 heterocycles. The van der Waals surface area contributed by atoms with Crippen molar-refractivity contribution in [2.24, 2.45) is 17.3 Å². The third-order valence-electron chi connectivity index (χ3n) is 5.73. The lowest BCUT2D eigenvalue weighted by Crippen LogP contribution is -2.58. The fourth-order valence-corrected chi connectivity index (χ4v) is 4.50. The van der Waals surface area contributed by atoms with Crippen LogP contribution in [0.2, 0.25) is 0 Å². The zero-order valence-corrected chi connectivity index (χ0v) is 12.3. The number of aliphatic hydroxyl groups is 1. The zero-order chi connectivity index (χ0) is 14.4. The lowest BCUT2D eigenvalue weighted by atomic mass is 9.62. The molecule has 0 radical (unpaired) electrons. The smallest absolute Gasteiger partial charge is 0.243 e. The molecule has 0 aromatic rings. The van der Waals surface area contributed by atoms with Gasteiger partial charge in [-0.2, -0.15) is 5.26 Å². The van der Waals surface area contributed by atoms with Gasteiger partial charge in [0.25, 0.3) is 0 Å². The number of nitriles is 1. The van der Waals surface area contributed by atoms with Crippen LogP contribution in [0.15, 0.2) is 0 Å². The number of hydrogen-bond donors (Lipinski definition) is 1. The van der Waals surface area contributed by atoms with Gasteiger partial charge in [-0.25, -0.2) is 0 Å². The highest BCUT2D eigenvalue weighted by atomic mass is 16.3. The van der Waals surface area contributed by atoms with Crippen molar-refractivity contribution < 1.29 is 9.90 Å². The summed E-state index contributed by atoms with van der Waals surface area (Å²) in [6.45, 7) is 3.36. The first-order valence-corrected chi connectivity index (χ1v) is 7.92. The van der Waals surface area contributed by atoms with Crippen LogP contribution in [0, 0.1) is 28.6 Å². The summed E-state index contributed by atoms with van der Waals surface area (Å²) in [4.78, 5) is 14.5. The molecule has 2 aliphatic carbocycles. The van der Waals surface area contributed by atoms with Gasteiger partial charge in [0.05, 0.1) is 11.7 Å². The Morgan fingerprint density at radius 3 is 2.75 bits per heavy atom. The quantitative estimate of drug-likeness (QED) is 0.797. The number of amides is 1. The predicted octanol–water partition coefficient (Wildman–Crippen LogP) is 2.08. The number of nitrogens with zero attached hydrogens (tertiary/aromatic N) is 2. The van der Waals surface area contributed by atoms with Crippen LogP contribution in [0.3, 0.4) is 0 Å². The van der Waals surface area contributed by atoms with Crippen molar-refractivity contribution in [3.8, 4) is 6.07 Å². The number of rotatable bonds is 1. The Balaban J connectivity index is 1.70. The zero-order valence-electron chi connectivity index (χ0n) is 12.3. The van der Waals surface area contributed by atoms with Crippen LogP contribution in [0.1, 0.15) is 51.9 Å². The van der Waals surface area contributed by atoms with Crippen LogP contribution >= 0.6 is 0 Å². The van der Waals surface area contributed by atoms with Gasteiger partial charge in [0.2, 0.25) is 5.91 Å². The summed E-state index contributed by atoms with van der Waals surface area (Å²) in [5.74, 6) is 0.711. The van der Waals surface area contributed by atoms with E-state index >= 15 is 0 Å². The van der Waals surface area contributed by atoms with Crippen LogP contribution in [0.5, 0.6) is 0 Å². The van der Waals surface area contributed by atoms with E-state index < -0.39 is 11.0 Å². The molecule has 4 heteroatoms. The number of hydrogen-bond acceptors (Lipinski definition) is 3. The number of likely N-dealkylation sites (tertiary alicyclic amines) is 1. The van der Waals surface area contributed by atoms with Crippen molar-refractivity contribution in [3.05, 3.63) is 0 Å². The minimum Gasteiger partial charge on any atom is -0.389 e. The normalized spacial score (nSPS) is 44.1. The summed E-state index contributed by atoms with van der Waals surface area (Å²) in [7, 11) is 0. The first-order valence-electron chi connectivity index (χ1n) is 7.92. The van der Waals surface area contributed by atoms with Gasteiger partial charge in [0.15, 0.2) is 0 Å².